The lowest BCUT2D eigenvalue weighted by Gasteiger charge is -2.34. The molecule has 1 unspecified atom stereocenters. The monoisotopic (exact) mass is 646 g/mol. The van der Waals surface area contributed by atoms with E-state index in [9.17, 15) is 13.2 Å². The van der Waals surface area contributed by atoms with Crippen LogP contribution in [-0.2, 0) is 19.6 Å². The van der Waals surface area contributed by atoms with Crippen molar-refractivity contribution < 1.29 is 17.9 Å². The van der Waals surface area contributed by atoms with Crippen LogP contribution in [0.4, 0.5) is 5.13 Å². The molecule has 200 valence electrons. The quantitative estimate of drug-likeness (QED) is 0.345. The zero-order valence-electron chi connectivity index (χ0n) is 20.1. The Morgan fingerprint density at radius 3 is 2.76 bits per heavy atom. The Morgan fingerprint density at radius 2 is 2.00 bits per heavy atom. The molecule has 0 N–H and O–H groups in total. The fourth-order valence-electron chi connectivity index (χ4n) is 4.73. The molecule has 2 aromatic heterocycles. The lowest BCUT2D eigenvalue weighted by atomic mass is 9.98. The Morgan fingerprint density at radius 1 is 1.19 bits per heavy atom. The summed E-state index contributed by atoms with van der Waals surface area (Å²) >= 11 is 12.0. The number of thiophene rings is 1. The standard InChI is InChI=1S/C24H28BrClN4O4S3/c25-18-4-5-19-20(15-18)35-24(27-19)30(10-2-8-28-11-13-34-14-12-28)23(31)17-3-1-9-29(16-17)37(32,33)22-7-6-21(26)36-22/h4-7,15,17H,1-3,8-14,16H2. The van der Waals surface area contributed by atoms with Crippen LogP contribution in [0.5, 0.6) is 0 Å². The van der Waals surface area contributed by atoms with Gasteiger partial charge in [0.2, 0.25) is 5.91 Å². The minimum Gasteiger partial charge on any atom is -0.379 e. The van der Waals surface area contributed by atoms with E-state index in [2.05, 4.69) is 20.8 Å². The summed E-state index contributed by atoms with van der Waals surface area (Å²) in [6.45, 7) is 5.21. The summed E-state index contributed by atoms with van der Waals surface area (Å²) in [6.07, 6.45) is 2.07. The number of aromatic nitrogens is 1. The molecular formula is C24H28BrClN4O4S3. The number of ether oxygens (including phenoxy) is 1. The molecule has 2 fully saturated rings. The van der Waals surface area contributed by atoms with E-state index >= 15 is 0 Å². The van der Waals surface area contributed by atoms with Crippen molar-refractivity contribution in [3.63, 3.8) is 0 Å². The number of benzene rings is 1. The van der Waals surface area contributed by atoms with Crippen LogP contribution in [0.1, 0.15) is 19.3 Å². The van der Waals surface area contributed by atoms with Gasteiger partial charge in [-0.05, 0) is 49.6 Å². The van der Waals surface area contributed by atoms with E-state index < -0.39 is 15.9 Å². The molecule has 37 heavy (non-hydrogen) atoms. The van der Waals surface area contributed by atoms with Gasteiger partial charge in [-0.1, -0.05) is 38.9 Å². The van der Waals surface area contributed by atoms with Crippen LogP contribution in [0.3, 0.4) is 0 Å². The summed E-state index contributed by atoms with van der Waals surface area (Å²) in [6, 6.07) is 9.01. The van der Waals surface area contributed by atoms with Gasteiger partial charge >= 0.3 is 0 Å². The zero-order chi connectivity index (χ0) is 26.0. The normalized spacial score (nSPS) is 19.9. The highest BCUT2D eigenvalue weighted by atomic mass is 79.9. The lowest BCUT2D eigenvalue weighted by Crippen LogP contribution is -2.47. The Hall–Kier alpha value is -1.12. The van der Waals surface area contributed by atoms with E-state index in [1.165, 1.54) is 21.7 Å². The van der Waals surface area contributed by atoms with E-state index in [0.717, 1.165) is 65.3 Å². The Kier molecular flexibility index (Phi) is 8.87. The maximum absolute atomic E-state index is 13.9. The molecule has 2 saturated heterocycles. The molecule has 8 nitrogen and oxygen atoms in total. The number of hydrogen-bond acceptors (Lipinski definition) is 8. The second-order valence-corrected chi connectivity index (χ2v) is 15.0. The lowest BCUT2D eigenvalue weighted by molar-refractivity contribution is -0.123. The van der Waals surface area contributed by atoms with Gasteiger partial charge in [-0.15, -0.1) is 11.3 Å². The van der Waals surface area contributed by atoms with Gasteiger partial charge in [-0.25, -0.2) is 13.4 Å². The molecule has 0 spiro atoms. The molecule has 0 aliphatic carbocycles. The van der Waals surface area contributed by atoms with Crippen LogP contribution in [0.25, 0.3) is 10.2 Å². The number of amides is 1. The average Bonchev–Trinajstić information content (AvgIpc) is 3.53. The number of piperidine rings is 1. The first kappa shape index (κ1) is 27.4. The maximum Gasteiger partial charge on any atom is 0.252 e. The molecule has 0 bridgehead atoms. The highest BCUT2D eigenvalue weighted by molar-refractivity contribution is 9.10. The van der Waals surface area contributed by atoms with Gasteiger partial charge in [-0.2, -0.15) is 4.31 Å². The van der Waals surface area contributed by atoms with Crippen molar-refractivity contribution in [1.82, 2.24) is 14.2 Å². The third-order valence-electron chi connectivity index (χ3n) is 6.67. The van der Waals surface area contributed by atoms with E-state index in [1.54, 1.807) is 11.0 Å². The minimum absolute atomic E-state index is 0.0655. The van der Waals surface area contributed by atoms with E-state index in [-0.39, 0.29) is 16.7 Å². The number of carbonyl (C=O) groups excluding carboxylic acids is 1. The largest absolute Gasteiger partial charge is 0.379 e. The first-order chi connectivity index (χ1) is 17.8. The van der Waals surface area contributed by atoms with Crippen LogP contribution in [0, 0.1) is 5.92 Å². The zero-order valence-corrected chi connectivity index (χ0v) is 24.9. The van der Waals surface area contributed by atoms with Crippen molar-refractivity contribution in [1.29, 1.82) is 0 Å². The Labute approximate surface area is 238 Å². The minimum atomic E-state index is -3.69. The average molecular weight is 648 g/mol. The van der Waals surface area contributed by atoms with Gasteiger partial charge in [0, 0.05) is 43.7 Å². The molecule has 0 radical (unpaired) electrons. The van der Waals surface area contributed by atoms with Crippen LogP contribution in [-0.4, -0.2) is 81.0 Å². The third kappa shape index (κ3) is 6.38. The molecule has 2 aliphatic rings. The van der Waals surface area contributed by atoms with Gasteiger partial charge < -0.3 is 4.74 Å². The number of fused-ring (bicyclic) bond motifs is 1. The van der Waals surface area contributed by atoms with Gasteiger partial charge in [0.15, 0.2) is 5.13 Å². The second-order valence-electron chi connectivity index (χ2n) is 9.17. The number of morpholine rings is 1. The molecule has 13 heteroatoms. The van der Waals surface area contributed by atoms with Crippen LogP contribution in [0.15, 0.2) is 39.0 Å². The molecular weight excluding hydrogens is 620 g/mol. The molecule has 4 heterocycles. The van der Waals surface area contributed by atoms with Crippen molar-refractivity contribution in [2.45, 2.75) is 23.5 Å². The number of anilines is 1. The third-order valence-corrected chi connectivity index (χ3v) is 11.8. The SMILES string of the molecule is O=C(C1CCCN(S(=O)(=O)c2ccc(Cl)s2)C1)N(CCCN1CCOCC1)c1nc2ccc(Br)cc2s1. The highest BCUT2D eigenvalue weighted by Crippen LogP contribution is 2.34. The van der Waals surface area contributed by atoms with Crippen LogP contribution >= 0.6 is 50.2 Å². The summed E-state index contributed by atoms with van der Waals surface area (Å²) in [7, 11) is -3.69. The topological polar surface area (TPSA) is 83.1 Å². The summed E-state index contributed by atoms with van der Waals surface area (Å²) in [4.78, 5) is 22.9. The number of halogens is 2. The number of rotatable bonds is 8. The maximum atomic E-state index is 13.9. The predicted octanol–water partition coefficient (Wildman–Crippen LogP) is 4.93. The van der Waals surface area contributed by atoms with Crippen molar-refractivity contribution in [3.05, 3.63) is 39.1 Å². The fraction of sp³-hybridized carbons (Fsp3) is 0.500. The molecule has 1 amide bonds. The first-order valence-corrected chi connectivity index (χ1v) is 16.5. The molecule has 2 aliphatic heterocycles. The first-order valence-electron chi connectivity index (χ1n) is 12.2. The smallest absolute Gasteiger partial charge is 0.252 e. The molecule has 5 rings (SSSR count). The van der Waals surface area contributed by atoms with Crippen LogP contribution < -0.4 is 4.90 Å². The number of nitrogens with zero attached hydrogens (tertiary/aromatic N) is 4. The van der Waals surface area contributed by atoms with Crippen molar-refractivity contribution >= 4 is 81.5 Å². The van der Waals surface area contributed by atoms with Gasteiger partial charge in [-0.3, -0.25) is 14.6 Å². The number of hydrogen-bond donors (Lipinski definition) is 0. The highest BCUT2D eigenvalue weighted by Gasteiger charge is 2.36. The predicted molar refractivity (Wildman–Crippen MR) is 152 cm³/mol. The number of thiazole rings is 1. The fourth-order valence-corrected chi connectivity index (χ4v) is 9.44. The van der Waals surface area contributed by atoms with E-state index in [1.807, 2.05) is 18.2 Å². The molecule has 0 saturated carbocycles. The van der Waals surface area contributed by atoms with Crippen molar-refractivity contribution in [2.24, 2.45) is 5.92 Å². The Bertz CT molecular complexity index is 1360. The van der Waals surface area contributed by atoms with Gasteiger partial charge in [0.25, 0.3) is 10.0 Å². The summed E-state index contributed by atoms with van der Waals surface area (Å²) < 4.78 is 35.9. The Balaban J connectivity index is 1.35. The van der Waals surface area contributed by atoms with Crippen LogP contribution in [0.2, 0.25) is 4.34 Å². The number of sulfonamides is 1. The molecule has 3 aromatic rings. The second kappa shape index (κ2) is 12.0. The summed E-state index contributed by atoms with van der Waals surface area (Å²) in [5.41, 5.74) is 0.844. The summed E-state index contributed by atoms with van der Waals surface area (Å²) in [5.74, 6) is -0.495. The summed E-state index contributed by atoms with van der Waals surface area (Å²) in [5, 5.41) is 0.657. The van der Waals surface area contributed by atoms with Crippen molar-refractivity contribution in [3.8, 4) is 0 Å². The number of carbonyl (C=O) groups is 1. The van der Waals surface area contributed by atoms with E-state index in [4.69, 9.17) is 21.3 Å². The molecule has 1 atom stereocenters. The molecule has 1 aromatic carbocycles. The van der Waals surface area contributed by atoms with Gasteiger partial charge in [0.05, 0.1) is 33.7 Å². The van der Waals surface area contributed by atoms with E-state index in [0.29, 0.717) is 35.4 Å². The van der Waals surface area contributed by atoms with Gasteiger partial charge in [0.1, 0.15) is 4.21 Å². The van der Waals surface area contributed by atoms with Crippen molar-refractivity contribution in [2.75, 3.05) is 57.4 Å².